The van der Waals surface area contributed by atoms with Gasteiger partial charge in [0.2, 0.25) is 0 Å². The van der Waals surface area contributed by atoms with Gasteiger partial charge >= 0.3 is 0 Å². The van der Waals surface area contributed by atoms with Crippen molar-refractivity contribution in [3.63, 3.8) is 0 Å². The predicted octanol–water partition coefficient (Wildman–Crippen LogP) is 5.11. The molecule has 2 N–H and O–H groups in total. The maximum Gasteiger partial charge on any atom is 0.269 e. The number of aryl methyl sites for hydroxylation is 1. The molecule has 7 heteroatoms. The SMILES string of the molecule is CCc1ccc([C@@H]2C3=C(CCCC3=O)Nc3n[nH]c(-c4ccc([N+](=O)[O-])cc4)c32)cc1. The molecule has 1 atom stereocenters. The Morgan fingerprint density at radius 3 is 2.52 bits per heavy atom. The van der Waals surface area contributed by atoms with Crippen LogP contribution >= 0.6 is 0 Å². The zero-order valence-corrected chi connectivity index (χ0v) is 17.1. The molecule has 0 radical (unpaired) electrons. The first-order valence-electron chi connectivity index (χ1n) is 10.5. The number of aromatic nitrogens is 2. The van der Waals surface area contributed by atoms with Gasteiger partial charge in [-0.1, -0.05) is 31.2 Å². The number of allylic oxidation sites excluding steroid dienone is 2. The molecule has 3 aromatic rings. The van der Waals surface area contributed by atoms with Crippen LogP contribution in [-0.2, 0) is 11.2 Å². The first-order valence-corrected chi connectivity index (χ1v) is 10.5. The summed E-state index contributed by atoms with van der Waals surface area (Å²) in [6.45, 7) is 2.12. The second-order valence-electron chi connectivity index (χ2n) is 7.99. The highest BCUT2D eigenvalue weighted by atomic mass is 16.6. The minimum absolute atomic E-state index is 0.0365. The van der Waals surface area contributed by atoms with E-state index in [9.17, 15) is 14.9 Å². The Bertz CT molecular complexity index is 1210. The Morgan fingerprint density at radius 2 is 1.84 bits per heavy atom. The molecule has 2 heterocycles. The van der Waals surface area contributed by atoms with E-state index < -0.39 is 4.92 Å². The van der Waals surface area contributed by atoms with Gasteiger partial charge in [0.25, 0.3) is 5.69 Å². The van der Waals surface area contributed by atoms with Gasteiger partial charge in [-0.15, -0.1) is 0 Å². The number of nitrogens with one attached hydrogen (secondary N) is 2. The first kappa shape index (κ1) is 19.2. The summed E-state index contributed by atoms with van der Waals surface area (Å²) >= 11 is 0. The molecule has 0 bridgehead atoms. The van der Waals surface area contributed by atoms with Crippen LogP contribution in [0.15, 0.2) is 59.8 Å². The summed E-state index contributed by atoms with van der Waals surface area (Å²) in [6, 6.07) is 14.8. The van der Waals surface area contributed by atoms with Gasteiger partial charge in [0, 0.05) is 46.9 Å². The number of carbonyl (C=O) groups excluding carboxylic acids is 1. The van der Waals surface area contributed by atoms with Crippen LogP contribution in [0.2, 0.25) is 0 Å². The van der Waals surface area contributed by atoms with Crippen molar-refractivity contribution in [1.29, 1.82) is 0 Å². The average Bonchev–Trinajstić information content (AvgIpc) is 3.21. The average molecular weight is 414 g/mol. The van der Waals surface area contributed by atoms with Gasteiger partial charge in [-0.25, -0.2) is 0 Å². The number of nitro benzene ring substituents is 1. The highest BCUT2D eigenvalue weighted by molar-refractivity contribution is 6.01. The molecule has 0 unspecified atom stereocenters. The summed E-state index contributed by atoms with van der Waals surface area (Å²) in [4.78, 5) is 23.7. The number of anilines is 1. The van der Waals surface area contributed by atoms with Crippen molar-refractivity contribution in [3.05, 3.63) is 86.6 Å². The van der Waals surface area contributed by atoms with E-state index in [-0.39, 0.29) is 17.4 Å². The fourth-order valence-corrected chi connectivity index (χ4v) is 4.59. The molecule has 0 saturated heterocycles. The number of nitro groups is 1. The minimum atomic E-state index is -0.413. The lowest BCUT2D eigenvalue weighted by molar-refractivity contribution is -0.384. The van der Waals surface area contributed by atoms with Crippen LogP contribution in [0.5, 0.6) is 0 Å². The predicted molar refractivity (Wildman–Crippen MR) is 118 cm³/mol. The van der Waals surface area contributed by atoms with Gasteiger partial charge in [-0.3, -0.25) is 20.0 Å². The monoisotopic (exact) mass is 414 g/mol. The topological polar surface area (TPSA) is 101 Å². The molecule has 0 saturated carbocycles. The molecular formula is C24H22N4O3. The normalized spacial score (nSPS) is 17.7. The highest BCUT2D eigenvalue weighted by Crippen LogP contribution is 2.48. The number of non-ortho nitro benzene ring substituents is 1. The van der Waals surface area contributed by atoms with E-state index in [1.165, 1.54) is 17.7 Å². The van der Waals surface area contributed by atoms with E-state index in [4.69, 9.17) is 0 Å². The van der Waals surface area contributed by atoms with Crippen molar-refractivity contribution >= 4 is 17.3 Å². The summed E-state index contributed by atoms with van der Waals surface area (Å²) in [5.74, 6) is 0.653. The number of hydrogen-bond donors (Lipinski definition) is 2. The lowest BCUT2D eigenvalue weighted by atomic mass is 9.75. The maximum atomic E-state index is 13.0. The molecular weight excluding hydrogens is 392 g/mol. The van der Waals surface area contributed by atoms with Crippen LogP contribution in [0.25, 0.3) is 11.3 Å². The molecule has 0 fully saturated rings. The van der Waals surface area contributed by atoms with E-state index in [2.05, 4.69) is 46.7 Å². The summed E-state index contributed by atoms with van der Waals surface area (Å²) in [7, 11) is 0. The number of aromatic amines is 1. The third-order valence-corrected chi connectivity index (χ3v) is 6.19. The molecule has 0 amide bonds. The van der Waals surface area contributed by atoms with Gasteiger partial charge in [0.15, 0.2) is 11.6 Å². The van der Waals surface area contributed by atoms with Gasteiger partial charge in [-0.2, -0.15) is 5.10 Å². The zero-order valence-electron chi connectivity index (χ0n) is 17.1. The fourth-order valence-electron chi connectivity index (χ4n) is 4.59. The minimum Gasteiger partial charge on any atom is -0.342 e. The quantitative estimate of drug-likeness (QED) is 0.456. The van der Waals surface area contributed by atoms with Crippen molar-refractivity contribution < 1.29 is 9.72 Å². The number of H-pyrrole nitrogens is 1. The largest absolute Gasteiger partial charge is 0.342 e. The highest BCUT2D eigenvalue weighted by Gasteiger charge is 2.38. The Balaban J connectivity index is 1.68. The third-order valence-electron chi connectivity index (χ3n) is 6.19. The Kier molecular flexibility index (Phi) is 4.66. The number of benzene rings is 2. The first-order chi connectivity index (χ1) is 15.1. The lowest BCUT2D eigenvalue weighted by Gasteiger charge is -2.32. The molecule has 0 spiro atoms. The Hall–Kier alpha value is -3.74. The molecule has 2 aromatic carbocycles. The van der Waals surface area contributed by atoms with E-state index in [0.717, 1.165) is 52.9 Å². The van der Waals surface area contributed by atoms with Crippen LogP contribution < -0.4 is 5.32 Å². The van der Waals surface area contributed by atoms with Gasteiger partial charge in [0.1, 0.15) is 0 Å². The lowest BCUT2D eigenvalue weighted by Crippen LogP contribution is -2.26. The van der Waals surface area contributed by atoms with Crippen LogP contribution in [0.1, 0.15) is 48.8 Å². The molecule has 31 heavy (non-hydrogen) atoms. The van der Waals surface area contributed by atoms with Gasteiger partial charge in [-0.05, 0) is 42.5 Å². The molecule has 1 aromatic heterocycles. The third kappa shape index (κ3) is 3.22. The van der Waals surface area contributed by atoms with E-state index in [0.29, 0.717) is 12.2 Å². The van der Waals surface area contributed by atoms with Gasteiger partial charge in [0.05, 0.1) is 10.6 Å². The van der Waals surface area contributed by atoms with E-state index in [1.54, 1.807) is 12.1 Å². The number of hydrogen-bond acceptors (Lipinski definition) is 5. The van der Waals surface area contributed by atoms with Crippen LogP contribution in [0, 0.1) is 10.1 Å². The van der Waals surface area contributed by atoms with Crippen molar-refractivity contribution in [2.45, 2.75) is 38.5 Å². The number of fused-ring (bicyclic) bond motifs is 1. The van der Waals surface area contributed by atoms with Crippen molar-refractivity contribution in [3.8, 4) is 11.3 Å². The zero-order chi connectivity index (χ0) is 21.5. The number of carbonyl (C=O) groups is 1. The number of ketones is 1. The summed E-state index contributed by atoms with van der Waals surface area (Å²) < 4.78 is 0. The number of Topliss-reactive ketones (excluding diaryl/α,β-unsaturated/α-hetero) is 1. The smallest absolute Gasteiger partial charge is 0.269 e. The van der Waals surface area contributed by atoms with E-state index >= 15 is 0 Å². The summed E-state index contributed by atoms with van der Waals surface area (Å²) in [5.41, 5.74) is 6.57. The maximum absolute atomic E-state index is 13.0. The second-order valence-corrected chi connectivity index (χ2v) is 7.99. The fraction of sp³-hybridized carbons (Fsp3) is 0.250. The Morgan fingerprint density at radius 1 is 1.10 bits per heavy atom. The molecule has 1 aliphatic carbocycles. The van der Waals surface area contributed by atoms with Crippen LogP contribution in [-0.4, -0.2) is 20.9 Å². The van der Waals surface area contributed by atoms with Crippen molar-refractivity contribution in [2.24, 2.45) is 0 Å². The van der Waals surface area contributed by atoms with Crippen molar-refractivity contribution in [1.82, 2.24) is 10.2 Å². The number of rotatable bonds is 4. The molecule has 156 valence electrons. The molecule has 1 aliphatic heterocycles. The van der Waals surface area contributed by atoms with Crippen LogP contribution in [0.3, 0.4) is 0 Å². The molecule has 7 nitrogen and oxygen atoms in total. The standard InChI is InChI=1S/C24H22N4O3/c1-2-14-6-8-15(9-7-14)20-21-18(4-3-5-19(21)29)25-24-22(20)23(26-27-24)16-10-12-17(13-11-16)28(30)31/h6-13,20H,2-5H2,1H3,(H2,25,26,27)/t20-/m1/s1. The summed E-state index contributed by atoms with van der Waals surface area (Å²) in [5, 5.41) is 22.0. The van der Waals surface area contributed by atoms with Gasteiger partial charge < -0.3 is 5.32 Å². The molecule has 2 aliphatic rings. The number of nitrogens with zero attached hydrogens (tertiary/aromatic N) is 2. The van der Waals surface area contributed by atoms with Crippen LogP contribution in [0.4, 0.5) is 11.5 Å². The Labute approximate surface area is 179 Å². The second kappa shape index (κ2) is 7.50. The summed E-state index contributed by atoms with van der Waals surface area (Å²) in [6.07, 6.45) is 3.15. The molecule has 5 rings (SSSR count). The van der Waals surface area contributed by atoms with E-state index in [1.807, 2.05) is 0 Å². The van der Waals surface area contributed by atoms with Crippen molar-refractivity contribution in [2.75, 3.05) is 5.32 Å².